The van der Waals surface area contributed by atoms with Crippen molar-refractivity contribution in [2.75, 3.05) is 0 Å². The molecule has 0 radical (unpaired) electrons. The van der Waals surface area contributed by atoms with Gasteiger partial charge >= 0.3 is 0 Å². The van der Waals surface area contributed by atoms with Crippen LogP contribution in [0.15, 0.2) is 0 Å². The number of amides is 1. The van der Waals surface area contributed by atoms with Gasteiger partial charge in [-0.15, -0.1) is 10.2 Å². The van der Waals surface area contributed by atoms with Gasteiger partial charge in [0, 0.05) is 18.4 Å². The first-order valence-electron chi connectivity index (χ1n) is 8.32. The molecule has 1 aromatic rings. The molecule has 118 valence electrons. The molecule has 0 saturated carbocycles. The lowest BCUT2D eigenvalue weighted by atomic mass is 10.1. The lowest BCUT2D eigenvalue weighted by Crippen LogP contribution is -2.39. The highest BCUT2D eigenvalue weighted by Gasteiger charge is 2.30. The Hall–Kier alpha value is -1.39. The van der Waals surface area contributed by atoms with Crippen molar-refractivity contribution >= 4 is 5.91 Å². The van der Waals surface area contributed by atoms with Crippen molar-refractivity contribution in [2.24, 2.45) is 0 Å². The zero-order valence-electron chi connectivity index (χ0n) is 13.7. The first-order chi connectivity index (χ1) is 10.1. The van der Waals surface area contributed by atoms with Crippen LogP contribution < -0.4 is 5.32 Å². The summed E-state index contributed by atoms with van der Waals surface area (Å²) in [5, 5.41) is 11.8. The molecule has 2 heterocycles. The van der Waals surface area contributed by atoms with Gasteiger partial charge in [0.05, 0.1) is 0 Å². The fraction of sp³-hybridized carbons (Fsp3) is 0.812. The van der Waals surface area contributed by atoms with E-state index in [0.29, 0.717) is 0 Å². The molecule has 21 heavy (non-hydrogen) atoms. The third-order valence-electron chi connectivity index (χ3n) is 4.38. The fourth-order valence-corrected chi connectivity index (χ4v) is 3.03. The van der Waals surface area contributed by atoms with Gasteiger partial charge in [-0.25, -0.2) is 0 Å². The van der Waals surface area contributed by atoms with Crippen LogP contribution in [0.4, 0.5) is 0 Å². The van der Waals surface area contributed by atoms with E-state index in [1.807, 2.05) is 0 Å². The van der Waals surface area contributed by atoms with Crippen LogP contribution in [0, 0.1) is 0 Å². The molecular weight excluding hydrogens is 264 g/mol. The summed E-state index contributed by atoms with van der Waals surface area (Å²) in [4.78, 5) is 12.7. The second-order valence-electron chi connectivity index (χ2n) is 6.28. The van der Waals surface area contributed by atoms with E-state index in [2.05, 4.69) is 47.8 Å². The van der Waals surface area contributed by atoms with Crippen LogP contribution in [0.2, 0.25) is 0 Å². The Morgan fingerprint density at radius 2 is 2.00 bits per heavy atom. The van der Waals surface area contributed by atoms with Crippen molar-refractivity contribution in [1.82, 2.24) is 20.1 Å². The summed E-state index contributed by atoms with van der Waals surface area (Å²) in [7, 11) is 0. The molecule has 1 aromatic heterocycles. The number of fused-ring (bicyclic) bond motifs is 1. The molecule has 1 atom stereocenters. The Balaban J connectivity index is 2.28. The number of hydrogen-bond donors (Lipinski definition) is 1. The highest BCUT2D eigenvalue weighted by atomic mass is 16.2. The van der Waals surface area contributed by atoms with E-state index >= 15 is 0 Å². The van der Waals surface area contributed by atoms with E-state index in [1.54, 1.807) is 0 Å². The van der Waals surface area contributed by atoms with E-state index in [0.717, 1.165) is 50.2 Å². The minimum Gasteiger partial charge on any atom is -0.352 e. The zero-order valence-corrected chi connectivity index (χ0v) is 13.7. The molecule has 1 N–H and O–H groups in total. The minimum atomic E-state index is -0.143. The molecule has 0 aromatic carbocycles. The van der Waals surface area contributed by atoms with Crippen molar-refractivity contribution < 1.29 is 4.79 Å². The van der Waals surface area contributed by atoms with Gasteiger partial charge in [0.1, 0.15) is 17.7 Å². The monoisotopic (exact) mass is 292 g/mol. The summed E-state index contributed by atoms with van der Waals surface area (Å²) < 4.78 is 2.11. The van der Waals surface area contributed by atoms with Crippen LogP contribution in [0.25, 0.3) is 0 Å². The maximum atomic E-state index is 12.7. The Kier molecular flexibility index (Phi) is 5.37. The molecule has 1 aliphatic heterocycles. The standard InChI is InChI=1S/C16H28N4O/c1-5-12(6-2)17-16(21)13-9-7-8-10-14-18-19-15(11(3)4)20(13)14/h11-13H,5-10H2,1-4H3,(H,17,21). The highest BCUT2D eigenvalue weighted by Crippen LogP contribution is 2.27. The SMILES string of the molecule is CCC(CC)NC(=O)C1CCCCc2nnc(C(C)C)n21. The lowest BCUT2D eigenvalue weighted by molar-refractivity contribution is -0.125. The number of carbonyl (C=O) groups is 1. The van der Waals surface area contributed by atoms with Gasteiger partial charge in [0.15, 0.2) is 0 Å². The summed E-state index contributed by atoms with van der Waals surface area (Å²) in [5.74, 6) is 2.33. The largest absolute Gasteiger partial charge is 0.352 e. The summed E-state index contributed by atoms with van der Waals surface area (Å²) >= 11 is 0. The van der Waals surface area contributed by atoms with Crippen molar-refractivity contribution in [3.05, 3.63) is 11.6 Å². The van der Waals surface area contributed by atoms with E-state index < -0.39 is 0 Å². The van der Waals surface area contributed by atoms with E-state index in [4.69, 9.17) is 0 Å². The van der Waals surface area contributed by atoms with Crippen LogP contribution in [0.3, 0.4) is 0 Å². The maximum Gasteiger partial charge on any atom is 0.243 e. The Morgan fingerprint density at radius 1 is 1.29 bits per heavy atom. The molecule has 0 spiro atoms. The van der Waals surface area contributed by atoms with Gasteiger partial charge in [0.2, 0.25) is 5.91 Å². The molecule has 1 aliphatic rings. The first-order valence-corrected chi connectivity index (χ1v) is 8.32. The van der Waals surface area contributed by atoms with Gasteiger partial charge < -0.3 is 9.88 Å². The van der Waals surface area contributed by atoms with E-state index in [-0.39, 0.29) is 23.9 Å². The number of nitrogens with zero attached hydrogens (tertiary/aromatic N) is 3. The second-order valence-corrected chi connectivity index (χ2v) is 6.28. The number of hydrogen-bond acceptors (Lipinski definition) is 3. The number of rotatable bonds is 5. The van der Waals surface area contributed by atoms with Crippen LogP contribution in [0.5, 0.6) is 0 Å². The molecule has 0 fully saturated rings. The fourth-order valence-electron chi connectivity index (χ4n) is 3.03. The van der Waals surface area contributed by atoms with Crippen LogP contribution in [-0.2, 0) is 11.2 Å². The predicted octanol–water partition coefficient (Wildman–Crippen LogP) is 2.97. The Labute approximate surface area is 127 Å². The van der Waals surface area contributed by atoms with Crippen molar-refractivity contribution in [3.8, 4) is 0 Å². The second kappa shape index (κ2) is 7.05. The normalized spacial score (nSPS) is 18.7. The predicted molar refractivity (Wildman–Crippen MR) is 83.2 cm³/mol. The van der Waals surface area contributed by atoms with E-state index in [9.17, 15) is 4.79 Å². The quantitative estimate of drug-likeness (QED) is 0.907. The minimum absolute atomic E-state index is 0.133. The van der Waals surface area contributed by atoms with Crippen molar-refractivity contribution in [3.63, 3.8) is 0 Å². The third-order valence-corrected chi connectivity index (χ3v) is 4.38. The smallest absolute Gasteiger partial charge is 0.243 e. The van der Waals surface area contributed by atoms with Gasteiger partial charge in [0.25, 0.3) is 0 Å². The summed E-state index contributed by atoms with van der Waals surface area (Å²) in [5.41, 5.74) is 0. The molecular formula is C16H28N4O. The third kappa shape index (κ3) is 3.44. The average molecular weight is 292 g/mol. The molecule has 1 unspecified atom stereocenters. The molecule has 0 bridgehead atoms. The average Bonchev–Trinajstić information content (AvgIpc) is 2.77. The van der Waals surface area contributed by atoms with Crippen molar-refractivity contribution in [2.45, 2.75) is 84.2 Å². The summed E-state index contributed by atoms with van der Waals surface area (Å²) in [6.07, 6.45) is 5.92. The first kappa shape index (κ1) is 16.0. The van der Waals surface area contributed by atoms with Crippen LogP contribution in [0.1, 0.15) is 83.4 Å². The number of aromatic nitrogens is 3. The number of carbonyl (C=O) groups excluding carboxylic acids is 1. The number of nitrogens with one attached hydrogen (secondary N) is 1. The van der Waals surface area contributed by atoms with Crippen LogP contribution in [-0.4, -0.2) is 26.7 Å². The van der Waals surface area contributed by atoms with Gasteiger partial charge in [-0.05, 0) is 25.7 Å². The molecule has 5 nitrogen and oxygen atoms in total. The summed E-state index contributed by atoms with van der Waals surface area (Å²) in [6, 6.07) is 0.124. The van der Waals surface area contributed by atoms with Crippen LogP contribution >= 0.6 is 0 Å². The molecule has 0 aliphatic carbocycles. The topological polar surface area (TPSA) is 59.8 Å². The molecule has 0 saturated heterocycles. The summed E-state index contributed by atoms with van der Waals surface area (Å²) in [6.45, 7) is 8.45. The highest BCUT2D eigenvalue weighted by molar-refractivity contribution is 5.80. The van der Waals surface area contributed by atoms with E-state index in [1.165, 1.54) is 0 Å². The Bertz CT molecular complexity index is 477. The molecule has 1 amide bonds. The van der Waals surface area contributed by atoms with Gasteiger partial charge in [-0.3, -0.25) is 4.79 Å². The molecule has 5 heteroatoms. The van der Waals surface area contributed by atoms with Gasteiger partial charge in [-0.1, -0.05) is 34.1 Å². The zero-order chi connectivity index (χ0) is 15.4. The Morgan fingerprint density at radius 3 is 2.62 bits per heavy atom. The molecule has 2 rings (SSSR count). The number of aryl methyl sites for hydroxylation is 1. The van der Waals surface area contributed by atoms with Crippen molar-refractivity contribution in [1.29, 1.82) is 0 Å². The lowest BCUT2D eigenvalue weighted by Gasteiger charge is -2.23. The van der Waals surface area contributed by atoms with Gasteiger partial charge in [-0.2, -0.15) is 0 Å². The maximum absolute atomic E-state index is 12.7.